The molecule has 2 nitrogen and oxygen atoms in total. The number of rotatable bonds is 2. The van der Waals surface area contributed by atoms with E-state index in [0.717, 1.165) is 18.5 Å². The Labute approximate surface area is 114 Å². The smallest absolute Gasteiger partial charge is 0.123 e. The molecular weight excluding hydrogens is 239 g/mol. The third-order valence-corrected chi connectivity index (χ3v) is 3.73. The van der Waals surface area contributed by atoms with E-state index >= 15 is 0 Å². The van der Waals surface area contributed by atoms with Crippen molar-refractivity contribution >= 4 is 0 Å². The highest BCUT2D eigenvalue weighted by Gasteiger charge is 2.38. The summed E-state index contributed by atoms with van der Waals surface area (Å²) in [5, 5.41) is 12.9. The van der Waals surface area contributed by atoms with E-state index in [9.17, 15) is 9.65 Å². The van der Waals surface area contributed by atoms with Gasteiger partial charge in [0.1, 0.15) is 5.82 Å². The second-order valence-corrected chi connectivity index (χ2v) is 6.60. The number of nitrogens with one attached hydrogen (secondary N) is 1. The van der Waals surface area contributed by atoms with Gasteiger partial charge in [0.25, 0.3) is 0 Å². The van der Waals surface area contributed by atoms with E-state index < -0.39 is 0 Å². The minimum atomic E-state index is -0.228. The van der Waals surface area contributed by atoms with Crippen LogP contribution in [0.1, 0.15) is 38.7 Å². The fraction of sp³-hybridized carbons (Fsp3) is 0.562. The molecule has 1 aromatic carbocycles. The topological polar surface area (TPSA) is 35.8 Å². The maximum Gasteiger partial charge on any atom is 0.123 e. The largest absolute Gasteiger partial charge is 0.312 e. The summed E-state index contributed by atoms with van der Waals surface area (Å²) in [7, 11) is 0. The van der Waals surface area contributed by atoms with E-state index in [-0.39, 0.29) is 29.1 Å². The molecule has 0 radical (unpaired) electrons. The molecule has 0 amide bonds. The van der Waals surface area contributed by atoms with Crippen molar-refractivity contribution < 1.29 is 4.39 Å². The third-order valence-electron chi connectivity index (χ3n) is 3.73. The molecule has 0 aliphatic carbocycles. The van der Waals surface area contributed by atoms with E-state index in [1.54, 1.807) is 12.1 Å². The molecule has 1 aliphatic heterocycles. The Hall–Kier alpha value is -1.40. The van der Waals surface area contributed by atoms with Gasteiger partial charge in [0.2, 0.25) is 0 Å². The van der Waals surface area contributed by atoms with Gasteiger partial charge in [-0.2, -0.15) is 5.26 Å². The zero-order valence-corrected chi connectivity index (χ0v) is 11.8. The summed E-state index contributed by atoms with van der Waals surface area (Å²) < 4.78 is 13.3. The van der Waals surface area contributed by atoms with Crippen molar-refractivity contribution in [2.75, 3.05) is 6.54 Å². The summed E-state index contributed by atoms with van der Waals surface area (Å²) in [6, 6.07) is 9.24. The first-order chi connectivity index (χ1) is 8.90. The second kappa shape index (κ2) is 5.30. The second-order valence-electron chi connectivity index (χ2n) is 6.60. The van der Waals surface area contributed by atoms with Crippen LogP contribution in [-0.4, -0.2) is 12.6 Å². The molecular formula is C16H21FN2. The molecule has 19 heavy (non-hydrogen) atoms. The first kappa shape index (κ1) is 14.0. The number of hydrogen-bond acceptors (Lipinski definition) is 2. The summed E-state index contributed by atoms with van der Waals surface area (Å²) in [5.41, 5.74) is 1.11. The molecule has 1 heterocycles. The lowest BCUT2D eigenvalue weighted by atomic mass is 9.79. The molecule has 0 aromatic heterocycles. The van der Waals surface area contributed by atoms with E-state index in [0.29, 0.717) is 0 Å². The van der Waals surface area contributed by atoms with Gasteiger partial charge in [0, 0.05) is 18.5 Å². The Morgan fingerprint density at radius 1 is 1.42 bits per heavy atom. The highest BCUT2D eigenvalue weighted by atomic mass is 19.1. The molecule has 3 unspecified atom stereocenters. The summed E-state index contributed by atoms with van der Waals surface area (Å²) in [4.78, 5) is 0. The van der Waals surface area contributed by atoms with Gasteiger partial charge in [-0.3, -0.25) is 0 Å². The van der Waals surface area contributed by atoms with E-state index in [1.807, 2.05) is 6.07 Å². The minimum absolute atomic E-state index is 0.0824. The first-order valence-electron chi connectivity index (χ1n) is 6.79. The van der Waals surface area contributed by atoms with Crippen molar-refractivity contribution in [3.63, 3.8) is 0 Å². The van der Waals surface area contributed by atoms with Crippen molar-refractivity contribution in [3.8, 4) is 6.07 Å². The number of hydrogen-bond donors (Lipinski definition) is 1. The molecule has 3 heteroatoms. The van der Waals surface area contributed by atoms with Gasteiger partial charge in [-0.1, -0.05) is 32.9 Å². The van der Waals surface area contributed by atoms with Crippen LogP contribution in [0.4, 0.5) is 4.39 Å². The zero-order chi connectivity index (χ0) is 14.0. The fourth-order valence-electron chi connectivity index (χ4n) is 2.91. The van der Waals surface area contributed by atoms with Crippen molar-refractivity contribution in [1.29, 1.82) is 5.26 Å². The molecule has 102 valence electrons. The van der Waals surface area contributed by atoms with E-state index in [2.05, 4.69) is 32.2 Å². The normalized spacial score (nSPS) is 27.2. The SMILES string of the molecule is CC(C)(C)CC1NCC(c2cccc(F)c2)C1C#N. The molecule has 1 N–H and O–H groups in total. The van der Waals surface area contributed by atoms with Gasteiger partial charge in [0.15, 0.2) is 0 Å². The maximum absolute atomic E-state index is 13.3. The van der Waals surface area contributed by atoms with Gasteiger partial charge in [-0.25, -0.2) is 4.39 Å². The van der Waals surface area contributed by atoms with Crippen LogP contribution >= 0.6 is 0 Å². The number of nitriles is 1. The lowest BCUT2D eigenvalue weighted by Gasteiger charge is -2.25. The molecule has 1 saturated heterocycles. The van der Waals surface area contributed by atoms with Gasteiger partial charge in [-0.15, -0.1) is 0 Å². The van der Waals surface area contributed by atoms with Crippen molar-refractivity contribution in [2.24, 2.45) is 11.3 Å². The van der Waals surface area contributed by atoms with Crippen LogP contribution in [0.3, 0.4) is 0 Å². The number of halogens is 1. The van der Waals surface area contributed by atoms with Crippen LogP contribution in [0, 0.1) is 28.5 Å². The molecule has 1 fully saturated rings. The first-order valence-corrected chi connectivity index (χ1v) is 6.79. The molecule has 0 bridgehead atoms. The van der Waals surface area contributed by atoms with Gasteiger partial charge in [-0.05, 0) is 29.5 Å². The third kappa shape index (κ3) is 3.33. The van der Waals surface area contributed by atoms with Gasteiger partial charge in [0.05, 0.1) is 12.0 Å². The Kier molecular flexibility index (Phi) is 3.91. The van der Waals surface area contributed by atoms with Crippen LogP contribution in [0.15, 0.2) is 24.3 Å². The van der Waals surface area contributed by atoms with Crippen LogP contribution in [0.2, 0.25) is 0 Å². The van der Waals surface area contributed by atoms with Gasteiger partial charge < -0.3 is 5.32 Å². The lowest BCUT2D eigenvalue weighted by molar-refractivity contribution is 0.304. The predicted molar refractivity (Wildman–Crippen MR) is 74.1 cm³/mol. The predicted octanol–water partition coefficient (Wildman–Crippen LogP) is 3.46. The molecule has 0 saturated carbocycles. The quantitative estimate of drug-likeness (QED) is 0.884. The summed E-state index contributed by atoms with van der Waals surface area (Å²) in [6.45, 7) is 7.29. The standard InChI is InChI=1S/C16H21FN2/c1-16(2,3)8-15-13(9-18)14(10-19-15)11-5-4-6-12(17)7-11/h4-7,13-15,19H,8,10H2,1-3H3. The average molecular weight is 260 g/mol. The average Bonchev–Trinajstić information content (AvgIpc) is 2.69. The summed E-state index contributed by atoms with van der Waals surface area (Å²) >= 11 is 0. The van der Waals surface area contributed by atoms with Crippen LogP contribution < -0.4 is 5.32 Å². The highest BCUT2D eigenvalue weighted by Crippen LogP contribution is 2.36. The lowest BCUT2D eigenvalue weighted by Crippen LogP contribution is -2.31. The van der Waals surface area contributed by atoms with Crippen LogP contribution in [0.25, 0.3) is 0 Å². The van der Waals surface area contributed by atoms with Crippen molar-refractivity contribution in [1.82, 2.24) is 5.32 Å². The molecule has 3 atom stereocenters. The monoisotopic (exact) mass is 260 g/mol. The number of nitrogens with zero attached hydrogens (tertiary/aromatic N) is 1. The van der Waals surface area contributed by atoms with E-state index in [4.69, 9.17) is 0 Å². The minimum Gasteiger partial charge on any atom is -0.312 e. The molecule has 0 spiro atoms. The Morgan fingerprint density at radius 2 is 2.16 bits per heavy atom. The Balaban J connectivity index is 2.18. The maximum atomic E-state index is 13.3. The van der Waals surface area contributed by atoms with Gasteiger partial charge >= 0.3 is 0 Å². The van der Waals surface area contributed by atoms with Crippen LogP contribution in [0.5, 0.6) is 0 Å². The molecule has 1 aromatic rings. The molecule has 2 rings (SSSR count). The van der Waals surface area contributed by atoms with Crippen molar-refractivity contribution in [3.05, 3.63) is 35.6 Å². The highest BCUT2D eigenvalue weighted by molar-refractivity contribution is 5.26. The van der Waals surface area contributed by atoms with E-state index in [1.165, 1.54) is 6.07 Å². The summed E-state index contributed by atoms with van der Waals surface area (Å²) in [5.74, 6) is -0.220. The van der Waals surface area contributed by atoms with Crippen molar-refractivity contribution in [2.45, 2.75) is 39.2 Å². The Bertz CT molecular complexity index is 484. The molecule has 1 aliphatic rings. The zero-order valence-electron chi connectivity index (χ0n) is 11.8. The summed E-state index contributed by atoms with van der Waals surface area (Å²) in [6.07, 6.45) is 0.955. The number of benzene rings is 1. The van der Waals surface area contributed by atoms with Crippen LogP contribution in [-0.2, 0) is 0 Å². The fourth-order valence-corrected chi connectivity index (χ4v) is 2.91. The Morgan fingerprint density at radius 3 is 2.74 bits per heavy atom.